The third-order valence-corrected chi connectivity index (χ3v) is 8.20. The Balaban J connectivity index is 1.65. The molecule has 1 aliphatic heterocycles. The Morgan fingerprint density at radius 2 is 1.83 bits per heavy atom. The van der Waals surface area contributed by atoms with E-state index >= 15 is 0 Å². The third kappa shape index (κ3) is 4.18. The van der Waals surface area contributed by atoms with Crippen LogP contribution in [0.4, 0.5) is 5.82 Å². The smallest absolute Gasteiger partial charge is 0.229 e. The molecule has 0 bridgehead atoms. The number of aromatic nitrogens is 2. The van der Waals surface area contributed by atoms with Gasteiger partial charge in [-0.1, -0.05) is 13.3 Å². The molecule has 0 aromatic carbocycles. The molecule has 4 rings (SSSR count). The number of hydrogen-bond donors (Lipinski definition) is 0. The second-order valence-corrected chi connectivity index (χ2v) is 10.6. The highest BCUT2D eigenvalue weighted by atomic mass is 35.5. The number of alkyl halides is 1. The first kappa shape index (κ1) is 21.8. The number of carbonyl (C=O) groups excluding carboxylic acids is 1. The van der Waals surface area contributed by atoms with Gasteiger partial charge in [0.25, 0.3) is 0 Å². The Morgan fingerprint density at radius 1 is 1.10 bits per heavy atom. The lowest BCUT2D eigenvalue weighted by molar-refractivity contribution is -0.139. The lowest BCUT2D eigenvalue weighted by Crippen LogP contribution is -2.52. The van der Waals surface area contributed by atoms with Crippen molar-refractivity contribution in [1.29, 1.82) is 0 Å². The summed E-state index contributed by atoms with van der Waals surface area (Å²) in [5, 5.41) is 1.29. The first-order valence-electron chi connectivity index (χ1n) is 11.4. The van der Waals surface area contributed by atoms with Crippen molar-refractivity contribution in [3.8, 4) is 0 Å². The van der Waals surface area contributed by atoms with Crippen LogP contribution in [0, 0.1) is 5.41 Å². The predicted octanol–water partition coefficient (Wildman–Crippen LogP) is 4.83. The molecule has 0 radical (unpaired) electrons. The molecule has 7 heteroatoms. The van der Waals surface area contributed by atoms with Gasteiger partial charge in [-0.3, -0.25) is 4.79 Å². The van der Waals surface area contributed by atoms with Gasteiger partial charge in [0.15, 0.2) is 0 Å². The number of piperazine rings is 1. The molecule has 0 spiro atoms. The van der Waals surface area contributed by atoms with Gasteiger partial charge in [0.1, 0.15) is 16.5 Å². The summed E-state index contributed by atoms with van der Waals surface area (Å²) in [6, 6.07) is 0. The zero-order valence-electron chi connectivity index (χ0n) is 18.5. The van der Waals surface area contributed by atoms with E-state index in [9.17, 15) is 4.79 Å². The highest BCUT2D eigenvalue weighted by Gasteiger charge is 2.34. The summed E-state index contributed by atoms with van der Waals surface area (Å²) >= 11 is 7.92. The minimum absolute atomic E-state index is 0.154. The summed E-state index contributed by atoms with van der Waals surface area (Å²) in [7, 11) is 0. The van der Waals surface area contributed by atoms with E-state index in [1.54, 1.807) is 0 Å². The molecule has 0 unspecified atom stereocenters. The summed E-state index contributed by atoms with van der Waals surface area (Å²) in [6.07, 6.45) is 8.12. The van der Waals surface area contributed by atoms with E-state index in [0.29, 0.717) is 5.88 Å². The maximum Gasteiger partial charge on any atom is 0.229 e. The molecule has 1 amide bonds. The molecule has 164 valence electrons. The second kappa shape index (κ2) is 8.99. The van der Waals surface area contributed by atoms with Crippen molar-refractivity contribution >= 4 is 44.9 Å². The molecule has 2 aliphatic rings. The van der Waals surface area contributed by atoms with E-state index in [2.05, 4.69) is 11.8 Å². The summed E-state index contributed by atoms with van der Waals surface area (Å²) in [6.45, 7) is 9.11. The highest BCUT2D eigenvalue weighted by molar-refractivity contribution is 7.19. The minimum Gasteiger partial charge on any atom is -0.352 e. The van der Waals surface area contributed by atoms with Gasteiger partial charge in [-0.05, 0) is 51.5 Å². The molecule has 1 saturated heterocycles. The first-order valence-corrected chi connectivity index (χ1v) is 12.7. The van der Waals surface area contributed by atoms with E-state index in [-0.39, 0.29) is 5.91 Å². The van der Waals surface area contributed by atoms with Gasteiger partial charge in [0.05, 0.1) is 10.8 Å². The molecule has 2 aromatic rings. The summed E-state index contributed by atoms with van der Waals surface area (Å²) in [5.74, 6) is 2.56. The Labute approximate surface area is 188 Å². The molecule has 0 N–H and O–H groups in total. The van der Waals surface area contributed by atoms with Gasteiger partial charge in [0.2, 0.25) is 5.91 Å². The number of hydrogen-bond acceptors (Lipinski definition) is 5. The fourth-order valence-corrected chi connectivity index (χ4v) is 5.92. The molecular formula is C23H33ClN4OS. The van der Waals surface area contributed by atoms with Crippen molar-refractivity contribution in [2.24, 2.45) is 5.41 Å². The van der Waals surface area contributed by atoms with Gasteiger partial charge in [-0.2, -0.15) is 0 Å². The van der Waals surface area contributed by atoms with Crippen LogP contribution in [0.15, 0.2) is 0 Å². The van der Waals surface area contributed by atoms with Crippen molar-refractivity contribution in [3.63, 3.8) is 0 Å². The number of carbonyl (C=O) groups is 1. The van der Waals surface area contributed by atoms with E-state index in [4.69, 9.17) is 21.6 Å². The second-order valence-electron chi connectivity index (χ2n) is 9.25. The van der Waals surface area contributed by atoms with Crippen LogP contribution >= 0.6 is 22.9 Å². The standard InChI is InChI=1S/C23H33ClN4OS/c1-4-8-18-25-20(19-16-9-6-5-7-10-17(16)30-21(19)26-18)27-11-13-28(14-12-27)22(29)23(2,3)15-24/h4-15H2,1-3H3. The van der Waals surface area contributed by atoms with Crippen LogP contribution < -0.4 is 4.90 Å². The molecule has 5 nitrogen and oxygen atoms in total. The first-order chi connectivity index (χ1) is 14.4. The van der Waals surface area contributed by atoms with Crippen LogP contribution in [0.5, 0.6) is 0 Å². The number of halogens is 1. The van der Waals surface area contributed by atoms with Crippen molar-refractivity contribution in [3.05, 3.63) is 16.3 Å². The van der Waals surface area contributed by atoms with Crippen LogP contribution in [0.2, 0.25) is 0 Å². The van der Waals surface area contributed by atoms with Crippen LogP contribution in [0.25, 0.3) is 10.2 Å². The zero-order chi connectivity index (χ0) is 21.3. The lowest BCUT2D eigenvalue weighted by Gasteiger charge is -2.39. The predicted molar refractivity (Wildman–Crippen MR) is 126 cm³/mol. The maximum absolute atomic E-state index is 12.8. The summed E-state index contributed by atoms with van der Waals surface area (Å²) < 4.78 is 0. The van der Waals surface area contributed by atoms with E-state index in [0.717, 1.165) is 61.9 Å². The summed E-state index contributed by atoms with van der Waals surface area (Å²) in [4.78, 5) is 29.9. The van der Waals surface area contributed by atoms with Crippen LogP contribution in [-0.4, -0.2) is 52.8 Å². The topological polar surface area (TPSA) is 49.3 Å². The lowest BCUT2D eigenvalue weighted by atomic mass is 9.94. The van der Waals surface area contributed by atoms with Crippen molar-refractivity contribution < 1.29 is 4.79 Å². The van der Waals surface area contributed by atoms with Crippen LogP contribution in [-0.2, 0) is 24.1 Å². The maximum atomic E-state index is 12.8. The van der Waals surface area contributed by atoms with E-state index in [1.807, 2.05) is 30.1 Å². The zero-order valence-corrected chi connectivity index (χ0v) is 20.0. The largest absolute Gasteiger partial charge is 0.352 e. The molecule has 30 heavy (non-hydrogen) atoms. The number of rotatable bonds is 5. The molecule has 0 saturated carbocycles. The fraction of sp³-hybridized carbons (Fsp3) is 0.696. The quantitative estimate of drug-likeness (QED) is 0.485. The monoisotopic (exact) mass is 448 g/mol. The molecule has 3 heterocycles. The Kier molecular flexibility index (Phi) is 6.54. The SMILES string of the molecule is CCCc1nc(N2CCN(C(=O)C(C)(C)CCl)CC2)c2c3c(sc2n1)CCCCC3. The Bertz CT molecular complexity index is 918. The number of anilines is 1. The average Bonchev–Trinajstić information content (AvgIpc) is 2.93. The minimum atomic E-state index is -0.509. The number of amides is 1. The number of nitrogens with zero attached hydrogens (tertiary/aromatic N) is 4. The molecule has 2 aromatic heterocycles. The number of aryl methyl sites for hydroxylation is 3. The molecular weight excluding hydrogens is 416 g/mol. The third-order valence-electron chi connectivity index (χ3n) is 6.34. The van der Waals surface area contributed by atoms with Gasteiger partial charge >= 0.3 is 0 Å². The molecule has 1 fully saturated rings. The van der Waals surface area contributed by atoms with E-state index in [1.165, 1.54) is 41.5 Å². The number of fused-ring (bicyclic) bond motifs is 3. The van der Waals surface area contributed by atoms with E-state index < -0.39 is 5.41 Å². The van der Waals surface area contributed by atoms with Gasteiger partial charge in [-0.25, -0.2) is 9.97 Å². The molecule has 1 aliphatic carbocycles. The van der Waals surface area contributed by atoms with Crippen molar-refractivity contribution in [1.82, 2.24) is 14.9 Å². The Hall–Kier alpha value is -1.40. The van der Waals surface area contributed by atoms with Gasteiger partial charge in [0, 0.05) is 43.4 Å². The fourth-order valence-electron chi connectivity index (χ4n) is 4.53. The van der Waals surface area contributed by atoms with Crippen molar-refractivity contribution in [2.45, 2.75) is 65.7 Å². The van der Waals surface area contributed by atoms with Crippen LogP contribution in [0.3, 0.4) is 0 Å². The van der Waals surface area contributed by atoms with Gasteiger partial charge in [-0.15, -0.1) is 22.9 Å². The number of thiophene rings is 1. The van der Waals surface area contributed by atoms with Crippen molar-refractivity contribution in [2.75, 3.05) is 37.0 Å². The van der Waals surface area contributed by atoms with Crippen LogP contribution in [0.1, 0.15) is 62.7 Å². The Morgan fingerprint density at radius 3 is 2.53 bits per heavy atom. The molecule has 0 atom stereocenters. The van der Waals surface area contributed by atoms with Gasteiger partial charge < -0.3 is 9.80 Å². The normalized spacial score (nSPS) is 17.9. The average molecular weight is 449 g/mol. The summed E-state index contributed by atoms with van der Waals surface area (Å²) in [5.41, 5.74) is 0.984. The highest BCUT2D eigenvalue weighted by Crippen LogP contribution is 2.39.